The summed E-state index contributed by atoms with van der Waals surface area (Å²) < 4.78 is 38.2. The summed E-state index contributed by atoms with van der Waals surface area (Å²) in [5, 5.41) is 10.9. The summed E-state index contributed by atoms with van der Waals surface area (Å²) in [5.74, 6) is -0.0881. The fraction of sp³-hybridized carbons (Fsp3) is 0.909. The van der Waals surface area contributed by atoms with Crippen LogP contribution in [0.4, 0.5) is 0 Å². The van der Waals surface area contributed by atoms with Gasteiger partial charge in [0.1, 0.15) is 6.61 Å². The molecule has 1 aliphatic rings. The largest absolute Gasteiger partial charge is 0.469 e. The van der Waals surface area contributed by atoms with Crippen molar-refractivity contribution in [3.63, 3.8) is 0 Å². The maximum atomic E-state index is 11.4. The monoisotopic (exact) mass is 361 g/mol. The molecule has 10 heteroatoms. The molecule has 0 aromatic carbocycles. The van der Waals surface area contributed by atoms with Crippen molar-refractivity contribution in [3.8, 4) is 0 Å². The molecule has 1 fully saturated rings. The molecule has 0 radical (unpaired) electrons. The normalized spacial score (nSPS) is 23.9. The fourth-order valence-electron chi connectivity index (χ4n) is 1.71. The van der Waals surface area contributed by atoms with Crippen molar-refractivity contribution in [2.24, 2.45) is 0 Å². The van der Waals surface area contributed by atoms with Crippen molar-refractivity contribution in [3.05, 3.63) is 0 Å². The van der Waals surface area contributed by atoms with Gasteiger partial charge in [-0.15, -0.1) is 11.6 Å². The summed E-state index contributed by atoms with van der Waals surface area (Å²) in [6.45, 7) is 1.65. The molecule has 1 rings (SSSR count). The smallest absolute Gasteiger partial charge is 0.257 e. The molecule has 2 atom stereocenters. The van der Waals surface area contributed by atoms with Gasteiger partial charge >= 0.3 is 0 Å². The summed E-state index contributed by atoms with van der Waals surface area (Å²) in [4.78, 5) is 0. The van der Waals surface area contributed by atoms with Crippen molar-refractivity contribution in [2.75, 3.05) is 51.1 Å². The van der Waals surface area contributed by atoms with Crippen LogP contribution in [0.2, 0.25) is 0 Å². The number of sulfone groups is 1. The van der Waals surface area contributed by atoms with Crippen molar-refractivity contribution in [1.29, 1.82) is 0 Å². The number of ether oxygens (including phenoxy) is 3. The van der Waals surface area contributed by atoms with Gasteiger partial charge in [-0.2, -0.15) is 0 Å². The van der Waals surface area contributed by atoms with E-state index >= 15 is 0 Å². The zero-order valence-electron chi connectivity index (χ0n) is 11.5. The Labute approximate surface area is 134 Å². The van der Waals surface area contributed by atoms with Crippen LogP contribution in [0.15, 0.2) is 0 Å². The highest BCUT2D eigenvalue weighted by Gasteiger charge is 2.36. The third kappa shape index (κ3) is 8.12. The van der Waals surface area contributed by atoms with Crippen LogP contribution >= 0.6 is 23.8 Å². The molecule has 1 aliphatic heterocycles. The molecule has 0 aromatic rings. The summed E-state index contributed by atoms with van der Waals surface area (Å²) >= 11 is 10.9. The molecule has 0 saturated carbocycles. The minimum atomic E-state index is -3.10. The van der Waals surface area contributed by atoms with E-state index in [0.717, 1.165) is 0 Å². The van der Waals surface area contributed by atoms with E-state index < -0.39 is 21.3 Å². The molecular weight excluding hydrogens is 342 g/mol. The number of alkyl halides is 1. The van der Waals surface area contributed by atoms with Crippen LogP contribution in [0.1, 0.15) is 0 Å². The second kappa shape index (κ2) is 9.75. The Balaban J connectivity index is 2.04. The van der Waals surface area contributed by atoms with Crippen LogP contribution in [-0.4, -0.2) is 81.3 Å². The highest BCUT2D eigenvalue weighted by atomic mass is 35.5. The van der Waals surface area contributed by atoms with Gasteiger partial charge in [0.25, 0.3) is 5.17 Å². The number of thiocarbonyl (C=S) groups is 1. The Hall–Kier alpha value is -0.190. The first-order valence-corrected chi connectivity index (χ1v) is 9.15. The third-order valence-corrected chi connectivity index (χ3v) is 5.27. The summed E-state index contributed by atoms with van der Waals surface area (Å²) in [6.07, 6.45) is 0. The van der Waals surface area contributed by atoms with E-state index in [2.05, 4.69) is 5.32 Å². The zero-order chi connectivity index (χ0) is 15.7. The topological polar surface area (TPSA) is 94.1 Å². The minimum absolute atomic E-state index is 0.0124. The predicted molar refractivity (Wildman–Crippen MR) is 82.5 cm³/mol. The van der Waals surface area contributed by atoms with E-state index in [0.29, 0.717) is 19.8 Å². The molecule has 124 valence electrons. The molecule has 0 bridgehead atoms. The molecule has 0 unspecified atom stereocenters. The van der Waals surface area contributed by atoms with E-state index in [4.69, 9.17) is 43.1 Å². The van der Waals surface area contributed by atoms with E-state index in [9.17, 15) is 8.42 Å². The Morgan fingerprint density at radius 3 is 2.38 bits per heavy atom. The average molecular weight is 362 g/mol. The lowest BCUT2D eigenvalue weighted by molar-refractivity contribution is 0.0234. The Morgan fingerprint density at radius 2 is 1.81 bits per heavy atom. The lowest BCUT2D eigenvalue weighted by atomic mass is 10.3. The Bertz CT molecular complexity index is 419. The van der Waals surface area contributed by atoms with Gasteiger partial charge in [0, 0.05) is 0 Å². The highest BCUT2D eigenvalue weighted by molar-refractivity contribution is 7.91. The Kier molecular flexibility index (Phi) is 8.76. The summed E-state index contributed by atoms with van der Waals surface area (Å²) in [6, 6.07) is -0.419. The van der Waals surface area contributed by atoms with Gasteiger partial charge in [0.2, 0.25) is 0 Å². The molecule has 2 N–H and O–H groups in total. The van der Waals surface area contributed by atoms with Crippen LogP contribution in [0.25, 0.3) is 0 Å². The Morgan fingerprint density at radius 1 is 1.19 bits per heavy atom. The van der Waals surface area contributed by atoms with Crippen molar-refractivity contribution >= 4 is 38.8 Å². The number of aliphatic hydroxyl groups excluding tert-OH is 1. The molecule has 0 spiro atoms. The third-order valence-electron chi connectivity index (χ3n) is 2.65. The maximum Gasteiger partial charge on any atom is 0.257 e. The molecule has 1 heterocycles. The van der Waals surface area contributed by atoms with Crippen molar-refractivity contribution in [1.82, 2.24) is 5.32 Å². The molecule has 0 aliphatic carbocycles. The predicted octanol–water partition coefficient (Wildman–Crippen LogP) is -0.693. The molecular formula is C11H20ClNO6S2. The van der Waals surface area contributed by atoms with Gasteiger partial charge < -0.3 is 24.6 Å². The fourth-order valence-corrected chi connectivity index (χ4v) is 4.49. The second-order valence-corrected chi connectivity index (χ2v) is 7.51. The number of nitrogens with one attached hydrogen (secondary N) is 1. The summed E-state index contributed by atoms with van der Waals surface area (Å²) in [7, 11) is -3.10. The average Bonchev–Trinajstić information content (AvgIpc) is 2.65. The number of aliphatic hydroxyl groups is 1. The zero-order valence-corrected chi connectivity index (χ0v) is 13.9. The van der Waals surface area contributed by atoms with Gasteiger partial charge in [-0.05, 0) is 12.2 Å². The standard InChI is InChI=1S/C11H20ClNO6S2/c12-9-7-21(15,16)8-10(9)13-11(20)19-6-5-18-4-3-17-2-1-14/h9-10,14H,1-8H2,(H,13,20)/t9-,10-/m0/s1. The lowest BCUT2D eigenvalue weighted by Crippen LogP contribution is -2.41. The number of hydrogen-bond acceptors (Lipinski definition) is 7. The van der Waals surface area contributed by atoms with Crippen LogP contribution in [-0.2, 0) is 24.0 Å². The minimum Gasteiger partial charge on any atom is -0.469 e. The van der Waals surface area contributed by atoms with E-state index in [1.54, 1.807) is 0 Å². The first kappa shape index (κ1) is 18.9. The molecule has 0 amide bonds. The molecule has 1 saturated heterocycles. The highest BCUT2D eigenvalue weighted by Crippen LogP contribution is 2.17. The van der Waals surface area contributed by atoms with Crippen molar-refractivity contribution < 1.29 is 27.7 Å². The van der Waals surface area contributed by atoms with Gasteiger partial charge in [0.15, 0.2) is 9.84 Å². The van der Waals surface area contributed by atoms with Crippen molar-refractivity contribution in [2.45, 2.75) is 11.4 Å². The van der Waals surface area contributed by atoms with Crippen LogP contribution < -0.4 is 5.32 Å². The SMILES string of the molecule is O=S1(=O)C[C@H](NC(=S)OCCOCCOCCO)[C@@H](Cl)C1. The van der Waals surface area contributed by atoms with Crippen LogP contribution in [0.5, 0.6) is 0 Å². The van der Waals surface area contributed by atoms with E-state index in [1.165, 1.54) is 0 Å². The number of rotatable bonds is 9. The number of hydrogen-bond donors (Lipinski definition) is 2. The lowest BCUT2D eigenvalue weighted by Gasteiger charge is -2.16. The summed E-state index contributed by atoms with van der Waals surface area (Å²) in [5.41, 5.74) is 0. The second-order valence-electron chi connectivity index (χ2n) is 4.43. The maximum absolute atomic E-state index is 11.4. The van der Waals surface area contributed by atoms with Gasteiger partial charge in [-0.3, -0.25) is 0 Å². The quantitative estimate of drug-likeness (QED) is 0.316. The van der Waals surface area contributed by atoms with Gasteiger partial charge in [-0.1, -0.05) is 0 Å². The number of halogens is 1. The van der Waals surface area contributed by atoms with Crippen LogP contribution in [0, 0.1) is 0 Å². The molecule has 21 heavy (non-hydrogen) atoms. The van der Waals surface area contributed by atoms with E-state index in [1.807, 2.05) is 0 Å². The first-order valence-electron chi connectivity index (χ1n) is 6.49. The molecule has 0 aromatic heterocycles. The van der Waals surface area contributed by atoms with Crippen LogP contribution in [0.3, 0.4) is 0 Å². The molecule has 7 nitrogen and oxygen atoms in total. The van der Waals surface area contributed by atoms with Gasteiger partial charge in [-0.25, -0.2) is 8.42 Å². The van der Waals surface area contributed by atoms with E-state index in [-0.39, 0.29) is 36.5 Å². The van der Waals surface area contributed by atoms with Gasteiger partial charge in [0.05, 0.1) is 56.0 Å². The first-order chi connectivity index (χ1) is 9.94.